The van der Waals surface area contributed by atoms with Crippen molar-refractivity contribution >= 4 is 49.9 Å². The zero-order valence-corrected chi connectivity index (χ0v) is 17.7. The van der Waals surface area contributed by atoms with Crippen LogP contribution in [0.15, 0.2) is 77.3 Å². The Bertz CT molecular complexity index is 1260. The molecule has 30 heavy (non-hydrogen) atoms. The molecular formula is C23H15BrClNO4. The van der Waals surface area contributed by atoms with Crippen LogP contribution in [0, 0.1) is 0 Å². The van der Waals surface area contributed by atoms with E-state index in [1.54, 1.807) is 18.2 Å². The minimum Gasteiger partial charge on any atom is -0.508 e. The number of hydrogen-bond donors (Lipinski definition) is 3. The number of carbonyl (C=O) groups excluding carboxylic acids is 1. The molecule has 0 atom stereocenters. The molecule has 5 nitrogen and oxygen atoms in total. The van der Waals surface area contributed by atoms with Gasteiger partial charge in [-0.15, -0.1) is 0 Å². The quantitative estimate of drug-likeness (QED) is 0.301. The summed E-state index contributed by atoms with van der Waals surface area (Å²) in [6.45, 7) is 0. The Labute approximate surface area is 185 Å². The molecule has 0 spiro atoms. The van der Waals surface area contributed by atoms with Gasteiger partial charge in [0.15, 0.2) is 0 Å². The molecule has 0 aliphatic carbocycles. The molecule has 0 bridgehead atoms. The number of hydrogen-bond acceptors (Lipinski definition) is 4. The summed E-state index contributed by atoms with van der Waals surface area (Å²) in [6, 6.07) is 20.3. The molecule has 0 unspecified atom stereocenters. The van der Waals surface area contributed by atoms with E-state index in [9.17, 15) is 15.0 Å². The van der Waals surface area contributed by atoms with E-state index < -0.39 is 5.91 Å². The number of nitrogens with one attached hydrogen (secondary N) is 1. The maximum atomic E-state index is 12.4. The van der Waals surface area contributed by atoms with Gasteiger partial charge in [0.2, 0.25) is 0 Å². The molecular weight excluding hydrogens is 470 g/mol. The van der Waals surface area contributed by atoms with Crippen LogP contribution in [0.5, 0.6) is 23.0 Å². The van der Waals surface area contributed by atoms with E-state index in [0.29, 0.717) is 22.2 Å². The third-order valence-corrected chi connectivity index (χ3v) is 5.52. The van der Waals surface area contributed by atoms with Crippen molar-refractivity contribution in [2.75, 3.05) is 5.32 Å². The van der Waals surface area contributed by atoms with E-state index in [1.807, 2.05) is 36.4 Å². The maximum absolute atomic E-state index is 12.4. The van der Waals surface area contributed by atoms with Crippen LogP contribution in [0.2, 0.25) is 5.02 Å². The lowest BCUT2D eigenvalue weighted by atomic mass is 10.1. The number of benzene rings is 4. The Morgan fingerprint density at radius 3 is 2.33 bits per heavy atom. The third kappa shape index (κ3) is 4.20. The number of fused-ring (bicyclic) bond motifs is 1. The SMILES string of the molecule is O=C(Nc1ccc(Oc2ccc3ccccc3c2Br)c(Cl)c1)c1cc(O)cc(O)c1. The number of ether oxygens (including phenoxy) is 1. The number of carbonyl (C=O) groups is 1. The second-order valence-corrected chi connectivity index (χ2v) is 7.74. The van der Waals surface area contributed by atoms with Gasteiger partial charge in [-0.1, -0.05) is 41.9 Å². The fourth-order valence-electron chi connectivity index (χ4n) is 3.00. The highest BCUT2D eigenvalue weighted by Gasteiger charge is 2.13. The lowest BCUT2D eigenvalue weighted by molar-refractivity contribution is 0.102. The zero-order valence-electron chi connectivity index (χ0n) is 15.4. The second kappa shape index (κ2) is 8.26. The Balaban J connectivity index is 1.55. The Kier molecular flexibility index (Phi) is 5.53. The Morgan fingerprint density at radius 1 is 0.900 bits per heavy atom. The molecule has 1 amide bonds. The smallest absolute Gasteiger partial charge is 0.255 e. The molecule has 4 aromatic carbocycles. The average molecular weight is 485 g/mol. The van der Waals surface area contributed by atoms with Gasteiger partial charge < -0.3 is 20.3 Å². The summed E-state index contributed by atoms with van der Waals surface area (Å²) in [6.07, 6.45) is 0. The molecule has 4 aromatic rings. The van der Waals surface area contributed by atoms with Crippen LogP contribution in [-0.4, -0.2) is 16.1 Å². The highest BCUT2D eigenvalue weighted by Crippen LogP contribution is 2.38. The van der Waals surface area contributed by atoms with Crippen molar-refractivity contribution in [3.8, 4) is 23.0 Å². The van der Waals surface area contributed by atoms with Gasteiger partial charge in [0.25, 0.3) is 5.91 Å². The van der Waals surface area contributed by atoms with Crippen molar-refractivity contribution in [2.45, 2.75) is 0 Å². The standard InChI is InChI=1S/C23H15BrClNO4/c24-22-18-4-2-1-3-13(18)5-7-21(22)30-20-8-6-15(11-19(20)25)26-23(29)14-9-16(27)12-17(28)10-14/h1-12,27-28H,(H,26,29). The minimum absolute atomic E-state index is 0.115. The predicted molar refractivity (Wildman–Crippen MR) is 121 cm³/mol. The average Bonchev–Trinajstić information content (AvgIpc) is 2.71. The van der Waals surface area contributed by atoms with E-state index in [1.165, 1.54) is 12.1 Å². The van der Waals surface area contributed by atoms with Crippen molar-refractivity contribution in [1.29, 1.82) is 0 Å². The molecule has 150 valence electrons. The molecule has 0 radical (unpaired) electrons. The van der Waals surface area contributed by atoms with E-state index in [-0.39, 0.29) is 17.1 Å². The summed E-state index contributed by atoms with van der Waals surface area (Å²) in [5, 5.41) is 24.2. The first kappa shape index (κ1) is 20.1. The first-order valence-electron chi connectivity index (χ1n) is 8.90. The molecule has 0 aliphatic heterocycles. The van der Waals surface area contributed by atoms with E-state index >= 15 is 0 Å². The summed E-state index contributed by atoms with van der Waals surface area (Å²) < 4.78 is 6.78. The Hall–Kier alpha value is -3.22. The van der Waals surface area contributed by atoms with Crippen LogP contribution in [-0.2, 0) is 0 Å². The molecule has 0 aliphatic rings. The summed E-state index contributed by atoms with van der Waals surface area (Å²) >= 11 is 9.94. The van der Waals surface area contributed by atoms with Gasteiger partial charge in [0.1, 0.15) is 23.0 Å². The fraction of sp³-hybridized carbons (Fsp3) is 0. The molecule has 0 heterocycles. The number of amides is 1. The van der Waals surface area contributed by atoms with Crippen molar-refractivity contribution in [1.82, 2.24) is 0 Å². The summed E-state index contributed by atoms with van der Waals surface area (Å²) in [5.41, 5.74) is 0.557. The lowest BCUT2D eigenvalue weighted by Crippen LogP contribution is -2.11. The van der Waals surface area contributed by atoms with Crippen LogP contribution >= 0.6 is 27.5 Å². The lowest BCUT2D eigenvalue weighted by Gasteiger charge is -2.13. The van der Waals surface area contributed by atoms with Crippen molar-refractivity contribution in [3.05, 3.63) is 87.9 Å². The topological polar surface area (TPSA) is 78.8 Å². The van der Waals surface area contributed by atoms with Crippen LogP contribution in [0.1, 0.15) is 10.4 Å². The maximum Gasteiger partial charge on any atom is 0.255 e. The zero-order chi connectivity index (χ0) is 21.3. The summed E-state index contributed by atoms with van der Waals surface area (Å²) in [7, 11) is 0. The van der Waals surface area contributed by atoms with Gasteiger partial charge in [-0.3, -0.25) is 4.79 Å². The molecule has 3 N–H and O–H groups in total. The Morgan fingerprint density at radius 2 is 1.60 bits per heavy atom. The molecule has 0 saturated heterocycles. The molecule has 0 fully saturated rings. The summed E-state index contributed by atoms with van der Waals surface area (Å²) in [4.78, 5) is 12.4. The molecule has 0 aromatic heterocycles. The molecule has 0 saturated carbocycles. The largest absolute Gasteiger partial charge is 0.508 e. The van der Waals surface area contributed by atoms with Crippen LogP contribution in [0.3, 0.4) is 0 Å². The van der Waals surface area contributed by atoms with Crippen molar-refractivity contribution < 1.29 is 19.7 Å². The van der Waals surface area contributed by atoms with E-state index in [0.717, 1.165) is 21.3 Å². The van der Waals surface area contributed by atoms with Crippen LogP contribution < -0.4 is 10.1 Å². The highest BCUT2D eigenvalue weighted by atomic mass is 79.9. The van der Waals surface area contributed by atoms with Crippen LogP contribution in [0.25, 0.3) is 10.8 Å². The monoisotopic (exact) mass is 483 g/mol. The van der Waals surface area contributed by atoms with Crippen molar-refractivity contribution in [2.24, 2.45) is 0 Å². The molecule has 4 rings (SSSR count). The van der Waals surface area contributed by atoms with Gasteiger partial charge >= 0.3 is 0 Å². The number of phenolic OH excluding ortho intramolecular Hbond substituents is 2. The molecule has 7 heteroatoms. The predicted octanol–water partition coefficient (Wildman–Crippen LogP) is 6.71. The fourth-order valence-corrected chi connectivity index (χ4v) is 3.80. The first-order valence-corrected chi connectivity index (χ1v) is 10.1. The van der Waals surface area contributed by atoms with Gasteiger partial charge in [-0.05, 0) is 63.1 Å². The van der Waals surface area contributed by atoms with E-state index in [4.69, 9.17) is 16.3 Å². The highest BCUT2D eigenvalue weighted by molar-refractivity contribution is 9.10. The first-order chi connectivity index (χ1) is 14.4. The van der Waals surface area contributed by atoms with Crippen LogP contribution in [0.4, 0.5) is 5.69 Å². The number of rotatable bonds is 4. The second-order valence-electron chi connectivity index (χ2n) is 6.54. The van der Waals surface area contributed by atoms with Gasteiger partial charge in [-0.2, -0.15) is 0 Å². The van der Waals surface area contributed by atoms with Gasteiger partial charge in [0.05, 0.1) is 9.50 Å². The van der Waals surface area contributed by atoms with Gasteiger partial charge in [-0.25, -0.2) is 0 Å². The summed E-state index contributed by atoms with van der Waals surface area (Å²) in [5.74, 6) is 0.136. The van der Waals surface area contributed by atoms with E-state index in [2.05, 4.69) is 21.2 Å². The minimum atomic E-state index is -0.497. The number of phenols is 2. The number of halogens is 2. The van der Waals surface area contributed by atoms with Crippen molar-refractivity contribution in [3.63, 3.8) is 0 Å². The number of aromatic hydroxyl groups is 2. The third-order valence-electron chi connectivity index (χ3n) is 4.40. The van der Waals surface area contributed by atoms with Gasteiger partial charge in [0, 0.05) is 17.3 Å². The normalized spacial score (nSPS) is 10.7. The number of anilines is 1.